The standard InChI is InChI=1S/C15H13N3O2/c16-9-12-13(18-6-1-2-7-18)8-14(20-15(12)19)11-4-3-5-17-10-11/h3-5,8,10H,1-2,6-7H2. The van der Waals surface area contributed by atoms with E-state index < -0.39 is 5.63 Å². The van der Waals surface area contributed by atoms with E-state index >= 15 is 0 Å². The summed E-state index contributed by atoms with van der Waals surface area (Å²) in [7, 11) is 0. The fraction of sp³-hybridized carbons (Fsp3) is 0.267. The summed E-state index contributed by atoms with van der Waals surface area (Å²) in [5.41, 5.74) is 0.893. The summed E-state index contributed by atoms with van der Waals surface area (Å²) in [6.07, 6.45) is 5.45. The van der Waals surface area contributed by atoms with Gasteiger partial charge in [0.1, 0.15) is 11.8 Å². The Morgan fingerprint density at radius 2 is 2.15 bits per heavy atom. The first-order chi connectivity index (χ1) is 9.79. The maximum atomic E-state index is 12.0. The van der Waals surface area contributed by atoms with Crippen LogP contribution in [0, 0.1) is 11.3 Å². The minimum absolute atomic E-state index is 0.0829. The van der Waals surface area contributed by atoms with Crippen LogP contribution < -0.4 is 10.5 Å². The number of nitrogens with zero attached hydrogens (tertiary/aromatic N) is 3. The Bertz CT molecular complexity index is 710. The smallest absolute Gasteiger partial charge is 0.356 e. The summed E-state index contributed by atoms with van der Waals surface area (Å²) < 4.78 is 5.24. The summed E-state index contributed by atoms with van der Waals surface area (Å²) in [6.45, 7) is 1.73. The molecule has 0 unspecified atom stereocenters. The first-order valence-electron chi connectivity index (χ1n) is 6.53. The molecule has 2 aromatic heterocycles. The molecule has 5 nitrogen and oxygen atoms in total. The number of aromatic nitrogens is 1. The molecule has 1 aliphatic rings. The first-order valence-corrected chi connectivity index (χ1v) is 6.53. The van der Waals surface area contributed by atoms with E-state index in [1.807, 2.05) is 12.1 Å². The molecule has 1 aliphatic heterocycles. The molecular formula is C15H13N3O2. The molecule has 0 bridgehead atoms. The van der Waals surface area contributed by atoms with Gasteiger partial charge in [-0.3, -0.25) is 4.98 Å². The molecular weight excluding hydrogens is 254 g/mol. The number of nitriles is 1. The number of rotatable bonds is 2. The lowest BCUT2D eigenvalue weighted by Gasteiger charge is -2.18. The summed E-state index contributed by atoms with van der Waals surface area (Å²) in [5.74, 6) is 0.448. The van der Waals surface area contributed by atoms with Gasteiger partial charge in [0.05, 0.1) is 5.69 Å². The van der Waals surface area contributed by atoms with E-state index in [9.17, 15) is 10.1 Å². The second-order valence-electron chi connectivity index (χ2n) is 4.71. The zero-order valence-electron chi connectivity index (χ0n) is 10.9. The molecule has 3 rings (SSSR count). The van der Waals surface area contributed by atoms with E-state index in [0.717, 1.165) is 31.5 Å². The molecule has 5 heteroatoms. The third kappa shape index (κ3) is 2.16. The second kappa shape index (κ2) is 5.17. The molecule has 0 aliphatic carbocycles. The van der Waals surface area contributed by atoms with Crippen molar-refractivity contribution in [3.8, 4) is 17.4 Å². The molecule has 1 fully saturated rings. The van der Waals surface area contributed by atoms with Gasteiger partial charge in [-0.05, 0) is 25.0 Å². The van der Waals surface area contributed by atoms with Crippen molar-refractivity contribution in [2.45, 2.75) is 12.8 Å². The molecule has 0 spiro atoms. The van der Waals surface area contributed by atoms with Gasteiger partial charge in [-0.2, -0.15) is 5.26 Å². The molecule has 0 amide bonds. The highest BCUT2D eigenvalue weighted by Gasteiger charge is 2.20. The number of anilines is 1. The maximum Gasteiger partial charge on any atom is 0.356 e. The van der Waals surface area contributed by atoms with Crippen LogP contribution in [-0.4, -0.2) is 18.1 Å². The van der Waals surface area contributed by atoms with Crippen molar-refractivity contribution in [1.82, 2.24) is 4.98 Å². The van der Waals surface area contributed by atoms with E-state index in [1.54, 1.807) is 24.5 Å². The highest BCUT2D eigenvalue weighted by atomic mass is 16.4. The van der Waals surface area contributed by atoms with Gasteiger partial charge in [0.25, 0.3) is 0 Å². The number of hydrogen-bond acceptors (Lipinski definition) is 5. The van der Waals surface area contributed by atoms with Crippen molar-refractivity contribution >= 4 is 5.69 Å². The molecule has 1 saturated heterocycles. The minimum Gasteiger partial charge on any atom is -0.422 e. The molecule has 0 aromatic carbocycles. The van der Waals surface area contributed by atoms with Gasteiger partial charge in [-0.25, -0.2) is 4.79 Å². The Balaban J connectivity index is 2.15. The zero-order chi connectivity index (χ0) is 13.9. The maximum absolute atomic E-state index is 12.0. The van der Waals surface area contributed by atoms with Gasteiger partial charge in [0, 0.05) is 37.1 Å². The monoisotopic (exact) mass is 267 g/mol. The predicted octanol–water partition coefficient (Wildman–Crippen LogP) is 2.17. The molecule has 3 heterocycles. The molecule has 0 N–H and O–H groups in total. The Morgan fingerprint density at radius 3 is 2.80 bits per heavy atom. The van der Waals surface area contributed by atoms with E-state index in [-0.39, 0.29) is 5.56 Å². The highest BCUT2D eigenvalue weighted by Crippen LogP contribution is 2.27. The fourth-order valence-electron chi connectivity index (χ4n) is 2.44. The van der Waals surface area contributed by atoms with Crippen LogP contribution in [0.1, 0.15) is 18.4 Å². The third-order valence-corrected chi connectivity index (χ3v) is 3.44. The summed E-state index contributed by atoms with van der Waals surface area (Å²) in [5, 5.41) is 9.17. The van der Waals surface area contributed by atoms with Crippen molar-refractivity contribution in [3.63, 3.8) is 0 Å². The van der Waals surface area contributed by atoms with Crippen molar-refractivity contribution < 1.29 is 4.42 Å². The number of hydrogen-bond donors (Lipinski definition) is 0. The van der Waals surface area contributed by atoms with Gasteiger partial charge >= 0.3 is 5.63 Å². The van der Waals surface area contributed by atoms with E-state index in [1.165, 1.54) is 0 Å². The van der Waals surface area contributed by atoms with Gasteiger partial charge in [0.2, 0.25) is 0 Å². The third-order valence-electron chi connectivity index (χ3n) is 3.44. The van der Waals surface area contributed by atoms with Crippen molar-refractivity contribution in [3.05, 3.63) is 46.6 Å². The molecule has 0 radical (unpaired) electrons. The highest BCUT2D eigenvalue weighted by molar-refractivity contribution is 5.67. The molecule has 20 heavy (non-hydrogen) atoms. The van der Waals surface area contributed by atoms with E-state index in [4.69, 9.17) is 4.42 Å². The Hall–Kier alpha value is -2.61. The largest absolute Gasteiger partial charge is 0.422 e. The molecule has 2 aromatic rings. The van der Waals surface area contributed by atoms with E-state index in [2.05, 4.69) is 9.88 Å². The van der Waals surface area contributed by atoms with Gasteiger partial charge < -0.3 is 9.32 Å². The lowest BCUT2D eigenvalue weighted by Crippen LogP contribution is -2.22. The fourth-order valence-corrected chi connectivity index (χ4v) is 2.44. The van der Waals surface area contributed by atoms with Crippen LogP contribution in [0.4, 0.5) is 5.69 Å². The minimum atomic E-state index is -0.587. The van der Waals surface area contributed by atoms with Crippen LogP contribution in [0.15, 0.2) is 39.8 Å². The predicted molar refractivity (Wildman–Crippen MR) is 74.4 cm³/mol. The Morgan fingerprint density at radius 1 is 1.35 bits per heavy atom. The van der Waals surface area contributed by atoms with Crippen LogP contribution in [-0.2, 0) is 0 Å². The summed E-state index contributed by atoms with van der Waals surface area (Å²) in [6, 6.07) is 7.33. The van der Waals surface area contributed by atoms with Crippen molar-refractivity contribution in [1.29, 1.82) is 5.26 Å². The van der Waals surface area contributed by atoms with Gasteiger partial charge in [-0.15, -0.1) is 0 Å². The van der Waals surface area contributed by atoms with Crippen LogP contribution in [0.25, 0.3) is 11.3 Å². The Kier molecular flexibility index (Phi) is 3.21. The van der Waals surface area contributed by atoms with Crippen LogP contribution in [0.3, 0.4) is 0 Å². The number of pyridine rings is 1. The van der Waals surface area contributed by atoms with Gasteiger partial charge in [0.15, 0.2) is 5.56 Å². The molecule has 100 valence electrons. The quantitative estimate of drug-likeness (QED) is 0.834. The second-order valence-corrected chi connectivity index (χ2v) is 4.71. The van der Waals surface area contributed by atoms with Crippen molar-refractivity contribution in [2.75, 3.05) is 18.0 Å². The Labute approximate surface area is 116 Å². The summed E-state index contributed by atoms with van der Waals surface area (Å²) in [4.78, 5) is 18.1. The normalized spacial score (nSPS) is 14.2. The average Bonchev–Trinajstić information content (AvgIpc) is 3.01. The van der Waals surface area contributed by atoms with Crippen LogP contribution in [0.2, 0.25) is 0 Å². The van der Waals surface area contributed by atoms with Crippen LogP contribution in [0.5, 0.6) is 0 Å². The molecule has 0 saturated carbocycles. The first kappa shape index (κ1) is 12.4. The lowest BCUT2D eigenvalue weighted by atomic mass is 10.1. The van der Waals surface area contributed by atoms with Crippen LogP contribution >= 0.6 is 0 Å². The molecule has 0 atom stereocenters. The van der Waals surface area contributed by atoms with Crippen molar-refractivity contribution in [2.24, 2.45) is 0 Å². The topological polar surface area (TPSA) is 70.1 Å². The average molecular weight is 267 g/mol. The zero-order valence-corrected chi connectivity index (χ0v) is 10.9. The lowest BCUT2D eigenvalue weighted by molar-refractivity contribution is 0.523. The van der Waals surface area contributed by atoms with Gasteiger partial charge in [-0.1, -0.05) is 0 Å². The SMILES string of the molecule is N#Cc1c(N2CCCC2)cc(-c2cccnc2)oc1=O. The van der Waals surface area contributed by atoms with E-state index in [0.29, 0.717) is 11.4 Å². The summed E-state index contributed by atoms with van der Waals surface area (Å²) >= 11 is 0.